The molecule has 1 aliphatic rings. The van der Waals surface area contributed by atoms with E-state index in [-0.39, 0.29) is 0 Å². The zero-order chi connectivity index (χ0) is 12.3. The molecule has 1 atom stereocenters. The molecule has 0 amide bonds. The van der Waals surface area contributed by atoms with Gasteiger partial charge in [0.05, 0.1) is 0 Å². The lowest BCUT2D eigenvalue weighted by Gasteiger charge is -2.10. The number of aromatic nitrogens is 3. The van der Waals surface area contributed by atoms with Crippen LogP contribution in [0.25, 0.3) is 0 Å². The van der Waals surface area contributed by atoms with Crippen molar-refractivity contribution in [2.45, 2.75) is 56.0 Å². The monoisotopic (exact) mass is 255 g/mol. The fraction of sp³-hybridized carbons (Fsp3) is 0.727. The summed E-state index contributed by atoms with van der Waals surface area (Å²) in [5, 5.41) is 17.7. The number of aliphatic carboxylic acids is 1. The molecule has 0 fully saturated rings. The smallest absolute Gasteiger partial charge is 0.317 e. The van der Waals surface area contributed by atoms with Crippen molar-refractivity contribution in [3.63, 3.8) is 0 Å². The van der Waals surface area contributed by atoms with Crippen LogP contribution < -0.4 is 0 Å². The number of fused-ring (bicyclic) bond motifs is 1. The second kappa shape index (κ2) is 5.53. The fourth-order valence-electron chi connectivity index (χ4n) is 1.98. The summed E-state index contributed by atoms with van der Waals surface area (Å²) in [4.78, 5) is 11.0. The van der Waals surface area contributed by atoms with Gasteiger partial charge in [-0.1, -0.05) is 25.1 Å². The summed E-state index contributed by atoms with van der Waals surface area (Å²) in [6, 6.07) is 0. The van der Waals surface area contributed by atoms with E-state index in [2.05, 4.69) is 14.8 Å². The van der Waals surface area contributed by atoms with Gasteiger partial charge in [-0.15, -0.1) is 10.2 Å². The third-order valence-electron chi connectivity index (χ3n) is 2.97. The van der Waals surface area contributed by atoms with Crippen LogP contribution in [0.1, 0.15) is 38.4 Å². The number of nitrogens with zero attached hydrogens (tertiary/aromatic N) is 3. The van der Waals surface area contributed by atoms with Crippen LogP contribution in [-0.4, -0.2) is 31.1 Å². The molecule has 0 spiro atoms. The number of carboxylic acid groups (broad SMARTS) is 1. The Morgan fingerprint density at radius 1 is 1.47 bits per heavy atom. The fourth-order valence-corrected chi connectivity index (χ4v) is 2.91. The highest BCUT2D eigenvalue weighted by molar-refractivity contribution is 8.00. The summed E-state index contributed by atoms with van der Waals surface area (Å²) in [7, 11) is 0. The van der Waals surface area contributed by atoms with E-state index in [0.717, 1.165) is 36.8 Å². The summed E-state index contributed by atoms with van der Waals surface area (Å²) < 4.78 is 2.09. The number of hydrogen-bond acceptors (Lipinski definition) is 4. The first-order valence-electron chi connectivity index (χ1n) is 6.04. The first-order chi connectivity index (χ1) is 8.22. The Balaban J connectivity index is 2.16. The second-order valence-corrected chi connectivity index (χ2v) is 5.38. The summed E-state index contributed by atoms with van der Waals surface area (Å²) in [6.45, 7) is 2.80. The minimum absolute atomic E-state index is 0.424. The Hall–Kier alpha value is -1.04. The number of thioether (sulfide) groups is 1. The molecule has 0 saturated carbocycles. The van der Waals surface area contributed by atoms with Crippen molar-refractivity contribution in [3.05, 3.63) is 5.82 Å². The predicted molar refractivity (Wildman–Crippen MR) is 65.1 cm³/mol. The predicted octanol–water partition coefficient (Wildman–Crippen LogP) is 1.96. The molecule has 0 radical (unpaired) electrons. The van der Waals surface area contributed by atoms with E-state index in [1.165, 1.54) is 18.2 Å². The van der Waals surface area contributed by atoms with Crippen LogP contribution in [0.3, 0.4) is 0 Å². The van der Waals surface area contributed by atoms with Crippen molar-refractivity contribution < 1.29 is 9.90 Å². The van der Waals surface area contributed by atoms with E-state index < -0.39 is 11.2 Å². The number of aryl methyl sites for hydroxylation is 1. The first-order valence-corrected chi connectivity index (χ1v) is 6.92. The van der Waals surface area contributed by atoms with Gasteiger partial charge in [0.2, 0.25) is 0 Å². The van der Waals surface area contributed by atoms with Crippen molar-refractivity contribution in [2.75, 3.05) is 0 Å². The average Bonchev–Trinajstić information content (AvgIpc) is 2.54. The molecule has 1 aliphatic heterocycles. The number of carboxylic acids is 1. The lowest BCUT2D eigenvalue weighted by molar-refractivity contribution is -0.136. The maximum atomic E-state index is 11.0. The van der Waals surface area contributed by atoms with Crippen LogP contribution in [0.2, 0.25) is 0 Å². The van der Waals surface area contributed by atoms with Crippen LogP contribution >= 0.6 is 11.8 Å². The molecule has 0 bridgehead atoms. The topological polar surface area (TPSA) is 68.0 Å². The molecule has 1 N–H and O–H groups in total. The van der Waals surface area contributed by atoms with Gasteiger partial charge in [-0.3, -0.25) is 4.79 Å². The van der Waals surface area contributed by atoms with Gasteiger partial charge in [0, 0.05) is 13.0 Å². The summed E-state index contributed by atoms with van der Waals surface area (Å²) in [5.41, 5.74) is 0. The second-order valence-electron chi connectivity index (χ2n) is 4.21. The third-order valence-corrected chi connectivity index (χ3v) is 4.30. The zero-order valence-electron chi connectivity index (χ0n) is 9.93. The molecule has 2 rings (SSSR count). The van der Waals surface area contributed by atoms with Crippen molar-refractivity contribution in [2.24, 2.45) is 0 Å². The lowest BCUT2D eigenvalue weighted by Crippen LogP contribution is -2.16. The Kier molecular flexibility index (Phi) is 4.04. The molecule has 0 unspecified atom stereocenters. The third kappa shape index (κ3) is 2.80. The van der Waals surface area contributed by atoms with E-state index in [9.17, 15) is 4.79 Å². The van der Waals surface area contributed by atoms with Crippen LogP contribution in [0.5, 0.6) is 0 Å². The van der Waals surface area contributed by atoms with Crippen LogP contribution in [0.4, 0.5) is 0 Å². The SMILES string of the molecule is CC[C@H](Sc1nnc2n1CCCCC2)C(=O)O. The van der Waals surface area contributed by atoms with Crippen LogP contribution in [0, 0.1) is 0 Å². The molecule has 0 saturated heterocycles. The Labute approximate surface area is 105 Å². The quantitative estimate of drug-likeness (QED) is 0.833. The van der Waals surface area contributed by atoms with Gasteiger partial charge < -0.3 is 9.67 Å². The Morgan fingerprint density at radius 2 is 2.29 bits per heavy atom. The summed E-state index contributed by atoms with van der Waals surface area (Å²) in [5.74, 6) is 0.230. The van der Waals surface area contributed by atoms with E-state index in [4.69, 9.17) is 5.11 Å². The largest absolute Gasteiger partial charge is 0.480 e. The average molecular weight is 255 g/mol. The normalized spacial score (nSPS) is 17.2. The van der Waals surface area contributed by atoms with Gasteiger partial charge in [0.1, 0.15) is 11.1 Å². The molecule has 6 heteroatoms. The first kappa shape index (κ1) is 12.4. The molecule has 17 heavy (non-hydrogen) atoms. The highest BCUT2D eigenvalue weighted by Gasteiger charge is 2.22. The number of rotatable bonds is 4. The maximum Gasteiger partial charge on any atom is 0.317 e. The van der Waals surface area contributed by atoms with Crippen molar-refractivity contribution in [1.29, 1.82) is 0 Å². The number of hydrogen-bond donors (Lipinski definition) is 1. The van der Waals surface area contributed by atoms with Gasteiger partial charge in [-0.05, 0) is 19.3 Å². The zero-order valence-corrected chi connectivity index (χ0v) is 10.7. The number of carbonyl (C=O) groups is 1. The molecule has 1 aromatic heterocycles. The summed E-state index contributed by atoms with van der Waals surface area (Å²) >= 11 is 1.32. The van der Waals surface area contributed by atoms with Crippen LogP contribution in [-0.2, 0) is 17.8 Å². The highest BCUT2D eigenvalue weighted by atomic mass is 32.2. The minimum Gasteiger partial charge on any atom is -0.480 e. The van der Waals surface area contributed by atoms with Crippen molar-refractivity contribution >= 4 is 17.7 Å². The van der Waals surface area contributed by atoms with Crippen LogP contribution in [0.15, 0.2) is 5.16 Å². The molecular weight excluding hydrogens is 238 g/mol. The minimum atomic E-state index is -0.775. The molecular formula is C11H17N3O2S. The van der Waals surface area contributed by atoms with E-state index >= 15 is 0 Å². The van der Waals surface area contributed by atoms with Gasteiger partial charge in [-0.2, -0.15) is 0 Å². The Bertz CT molecular complexity index is 405. The van der Waals surface area contributed by atoms with Gasteiger partial charge >= 0.3 is 5.97 Å². The molecule has 94 valence electrons. The van der Waals surface area contributed by atoms with Gasteiger partial charge in [-0.25, -0.2) is 0 Å². The van der Waals surface area contributed by atoms with Crippen molar-refractivity contribution in [3.8, 4) is 0 Å². The van der Waals surface area contributed by atoms with E-state index in [0.29, 0.717) is 6.42 Å². The molecule has 0 aromatic carbocycles. The van der Waals surface area contributed by atoms with Gasteiger partial charge in [0.25, 0.3) is 0 Å². The van der Waals surface area contributed by atoms with E-state index in [1.807, 2.05) is 6.92 Å². The molecule has 5 nitrogen and oxygen atoms in total. The molecule has 2 heterocycles. The highest BCUT2D eigenvalue weighted by Crippen LogP contribution is 2.26. The lowest BCUT2D eigenvalue weighted by atomic mass is 10.2. The van der Waals surface area contributed by atoms with E-state index in [1.54, 1.807) is 0 Å². The van der Waals surface area contributed by atoms with Crippen molar-refractivity contribution in [1.82, 2.24) is 14.8 Å². The standard InChI is InChI=1S/C11H17N3O2S/c1-2-8(10(15)16)17-11-13-12-9-6-4-3-5-7-14(9)11/h8H,2-7H2,1H3,(H,15,16)/t8-/m0/s1. The Morgan fingerprint density at radius 3 is 3.00 bits per heavy atom. The van der Waals surface area contributed by atoms with Gasteiger partial charge in [0.15, 0.2) is 5.16 Å². The molecule has 0 aliphatic carbocycles. The summed E-state index contributed by atoms with van der Waals surface area (Å²) in [6.07, 6.45) is 5.05. The molecule has 1 aromatic rings. The maximum absolute atomic E-state index is 11.0.